The van der Waals surface area contributed by atoms with E-state index in [2.05, 4.69) is 27.4 Å². The van der Waals surface area contributed by atoms with E-state index in [4.69, 9.17) is 0 Å². The Hall–Kier alpha value is -0.940. The van der Waals surface area contributed by atoms with Crippen molar-refractivity contribution in [1.82, 2.24) is 15.5 Å². The third-order valence-corrected chi connectivity index (χ3v) is 5.91. The number of nitrogens with one attached hydrogen (secondary N) is 2. The van der Waals surface area contributed by atoms with Gasteiger partial charge in [0.25, 0.3) is 0 Å². The first-order valence-electron chi connectivity index (χ1n) is 9.88. The van der Waals surface area contributed by atoms with Crippen LogP contribution in [0.1, 0.15) is 37.3 Å². The summed E-state index contributed by atoms with van der Waals surface area (Å²) >= 11 is 0. The molecule has 0 atom stereocenters. The Balaban J connectivity index is 0.00000420. The molecule has 29 heavy (non-hydrogen) atoms. The summed E-state index contributed by atoms with van der Waals surface area (Å²) in [7, 11) is -1.50. The Bertz CT molecular complexity index is 766. The van der Waals surface area contributed by atoms with Gasteiger partial charge in [0.05, 0.1) is 5.75 Å². The van der Waals surface area contributed by atoms with Gasteiger partial charge in [-0.2, -0.15) is 0 Å². The van der Waals surface area contributed by atoms with Gasteiger partial charge < -0.3 is 15.5 Å². The van der Waals surface area contributed by atoms with E-state index in [1.54, 1.807) is 7.05 Å². The summed E-state index contributed by atoms with van der Waals surface area (Å²) in [5.74, 6) is 0.979. The summed E-state index contributed by atoms with van der Waals surface area (Å²) in [6, 6.07) is 4.19. The quantitative estimate of drug-likeness (QED) is 0.230. The van der Waals surface area contributed by atoms with Crippen LogP contribution in [0.25, 0.3) is 0 Å². The van der Waals surface area contributed by atoms with Crippen LogP contribution in [0.3, 0.4) is 0 Å². The first-order valence-corrected chi connectivity index (χ1v) is 11.9. The molecule has 0 amide bonds. The van der Waals surface area contributed by atoms with Gasteiger partial charge in [0, 0.05) is 26.4 Å². The van der Waals surface area contributed by atoms with E-state index in [1.807, 2.05) is 0 Å². The van der Waals surface area contributed by atoms with Crippen molar-refractivity contribution in [2.24, 2.45) is 10.9 Å². The molecule has 1 aromatic rings. The molecule has 1 fully saturated rings. The smallest absolute Gasteiger partial charge is 0.191 e. The van der Waals surface area contributed by atoms with Crippen molar-refractivity contribution < 1.29 is 12.8 Å². The lowest BCUT2D eigenvalue weighted by Gasteiger charge is -2.30. The zero-order valence-electron chi connectivity index (χ0n) is 17.6. The van der Waals surface area contributed by atoms with E-state index in [0.29, 0.717) is 23.6 Å². The number of hydrogen-bond acceptors (Lipinski definition) is 4. The maximum absolute atomic E-state index is 13.6. The van der Waals surface area contributed by atoms with Gasteiger partial charge in [0.1, 0.15) is 5.82 Å². The molecule has 0 unspecified atom stereocenters. The summed E-state index contributed by atoms with van der Waals surface area (Å²) in [5.41, 5.74) is 1.22. The van der Waals surface area contributed by atoms with Gasteiger partial charge in [0.2, 0.25) is 0 Å². The highest BCUT2D eigenvalue weighted by Gasteiger charge is 2.15. The van der Waals surface area contributed by atoms with Crippen LogP contribution in [0.2, 0.25) is 0 Å². The molecule has 1 aromatic carbocycles. The summed E-state index contributed by atoms with van der Waals surface area (Å²) in [4.78, 5) is 6.69. The lowest BCUT2D eigenvalue weighted by molar-refractivity contribution is 0.191. The summed E-state index contributed by atoms with van der Waals surface area (Å²) < 4.78 is 36.8. The number of rotatable bonds is 8. The molecule has 2 rings (SSSR count). The predicted molar refractivity (Wildman–Crippen MR) is 128 cm³/mol. The summed E-state index contributed by atoms with van der Waals surface area (Å²) in [5, 5.41) is 6.42. The molecule has 166 valence electrons. The molecule has 6 nitrogen and oxygen atoms in total. The standard InChI is InChI=1S/C20H33FN4O2S.HI/c1-16-7-11-25(12-8-16)10-4-9-23-20(22-2)24-14-18-13-19(21)6-5-17(18)15-28(3,26)27;/h5-6,13,16H,4,7-12,14-15H2,1-3H3,(H2,22,23,24);1H. The molecule has 0 aliphatic carbocycles. The molecule has 0 bridgehead atoms. The van der Waals surface area contributed by atoms with Crippen LogP contribution >= 0.6 is 24.0 Å². The molecule has 0 spiro atoms. The van der Waals surface area contributed by atoms with Gasteiger partial charge >= 0.3 is 0 Å². The average molecular weight is 540 g/mol. The monoisotopic (exact) mass is 540 g/mol. The van der Waals surface area contributed by atoms with Gasteiger partial charge in [0.15, 0.2) is 15.8 Å². The fraction of sp³-hybridized carbons (Fsp3) is 0.650. The van der Waals surface area contributed by atoms with Gasteiger partial charge in [-0.1, -0.05) is 13.0 Å². The number of piperidine rings is 1. The number of guanidine groups is 1. The molecule has 1 aliphatic rings. The number of halogens is 2. The van der Waals surface area contributed by atoms with Gasteiger partial charge in [-0.25, -0.2) is 12.8 Å². The number of hydrogen-bond donors (Lipinski definition) is 2. The third kappa shape index (κ3) is 10.1. The van der Waals surface area contributed by atoms with Crippen LogP contribution in [0.4, 0.5) is 4.39 Å². The molecule has 1 heterocycles. The van der Waals surface area contributed by atoms with Crippen LogP contribution < -0.4 is 10.6 Å². The molecule has 1 aliphatic heterocycles. The van der Waals surface area contributed by atoms with E-state index in [9.17, 15) is 12.8 Å². The second-order valence-electron chi connectivity index (χ2n) is 7.71. The lowest BCUT2D eigenvalue weighted by Crippen LogP contribution is -2.39. The minimum absolute atomic E-state index is 0. The highest BCUT2D eigenvalue weighted by molar-refractivity contribution is 14.0. The number of aliphatic imine (C=N–C) groups is 1. The first kappa shape index (κ1) is 26.1. The molecule has 0 aromatic heterocycles. The van der Waals surface area contributed by atoms with Crippen LogP contribution in [-0.4, -0.2) is 58.8 Å². The normalized spacial score (nSPS) is 16.3. The second kappa shape index (κ2) is 12.7. The van der Waals surface area contributed by atoms with Crippen molar-refractivity contribution in [3.05, 3.63) is 35.1 Å². The highest BCUT2D eigenvalue weighted by atomic mass is 127. The first-order chi connectivity index (χ1) is 13.3. The van der Waals surface area contributed by atoms with Crippen LogP contribution in [-0.2, 0) is 22.1 Å². The number of benzene rings is 1. The zero-order chi connectivity index (χ0) is 20.6. The Kier molecular flexibility index (Phi) is 11.4. The molecular weight excluding hydrogens is 506 g/mol. The predicted octanol–water partition coefficient (Wildman–Crippen LogP) is 2.78. The van der Waals surface area contributed by atoms with Crippen molar-refractivity contribution in [1.29, 1.82) is 0 Å². The van der Waals surface area contributed by atoms with Crippen molar-refractivity contribution >= 4 is 39.8 Å². The number of nitrogens with zero attached hydrogens (tertiary/aromatic N) is 2. The Morgan fingerprint density at radius 2 is 1.93 bits per heavy atom. The van der Waals surface area contributed by atoms with Crippen molar-refractivity contribution in [2.75, 3.05) is 39.5 Å². The number of likely N-dealkylation sites (tertiary alicyclic amines) is 1. The minimum Gasteiger partial charge on any atom is -0.356 e. The van der Waals surface area contributed by atoms with E-state index in [-0.39, 0.29) is 35.5 Å². The van der Waals surface area contributed by atoms with E-state index < -0.39 is 9.84 Å². The zero-order valence-corrected chi connectivity index (χ0v) is 20.7. The third-order valence-electron chi connectivity index (χ3n) is 5.08. The van der Waals surface area contributed by atoms with Crippen LogP contribution in [0, 0.1) is 11.7 Å². The maximum Gasteiger partial charge on any atom is 0.191 e. The molecule has 0 radical (unpaired) electrons. The minimum atomic E-state index is -3.19. The second-order valence-corrected chi connectivity index (χ2v) is 9.85. The SMILES string of the molecule is CN=C(NCCCN1CCC(C)CC1)NCc1cc(F)ccc1CS(C)(=O)=O.I. The van der Waals surface area contributed by atoms with Crippen molar-refractivity contribution in [2.45, 2.75) is 38.5 Å². The van der Waals surface area contributed by atoms with Crippen molar-refractivity contribution in [3.8, 4) is 0 Å². The Morgan fingerprint density at radius 3 is 2.55 bits per heavy atom. The number of sulfone groups is 1. The van der Waals surface area contributed by atoms with Gasteiger partial charge in [-0.15, -0.1) is 24.0 Å². The summed E-state index contributed by atoms with van der Waals surface area (Å²) in [6.07, 6.45) is 4.76. The van der Waals surface area contributed by atoms with Crippen LogP contribution in [0.15, 0.2) is 23.2 Å². The molecule has 0 saturated carbocycles. The largest absolute Gasteiger partial charge is 0.356 e. The fourth-order valence-electron chi connectivity index (χ4n) is 3.38. The Labute approximate surface area is 191 Å². The summed E-state index contributed by atoms with van der Waals surface area (Å²) in [6.45, 7) is 6.85. The van der Waals surface area contributed by atoms with E-state index in [1.165, 1.54) is 50.4 Å². The molecule has 2 N–H and O–H groups in total. The molecular formula is C20H34FIN4O2S. The molecule has 9 heteroatoms. The van der Waals surface area contributed by atoms with E-state index >= 15 is 0 Å². The maximum atomic E-state index is 13.6. The molecule has 1 saturated heterocycles. The van der Waals surface area contributed by atoms with Crippen molar-refractivity contribution in [3.63, 3.8) is 0 Å². The Morgan fingerprint density at radius 1 is 1.24 bits per heavy atom. The van der Waals surface area contributed by atoms with Gasteiger partial charge in [-0.3, -0.25) is 4.99 Å². The van der Waals surface area contributed by atoms with Gasteiger partial charge in [-0.05, 0) is 68.1 Å². The average Bonchev–Trinajstić information content (AvgIpc) is 2.63. The topological polar surface area (TPSA) is 73.8 Å². The highest BCUT2D eigenvalue weighted by Crippen LogP contribution is 2.16. The fourth-order valence-corrected chi connectivity index (χ4v) is 4.22. The van der Waals surface area contributed by atoms with Crippen LogP contribution in [0.5, 0.6) is 0 Å². The van der Waals surface area contributed by atoms with E-state index in [0.717, 1.165) is 25.4 Å². The lowest BCUT2D eigenvalue weighted by atomic mass is 9.99.